The average Bonchev–Trinajstić information content (AvgIpc) is 2.42. The van der Waals surface area contributed by atoms with E-state index in [-0.39, 0.29) is 5.82 Å². The van der Waals surface area contributed by atoms with Crippen LogP contribution in [0.25, 0.3) is 0 Å². The zero-order valence-corrected chi connectivity index (χ0v) is 10.7. The van der Waals surface area contributed by atoms with Crippen molar-refractivity contribution < 1.29 is 4.39 Å². The molecule has 1 saturated carbocycles. The molecule has 2 aliphatic rings. The molecular weight excluding hydrogens is 227 g/mol. The van der Waals surface area contributed by atoms with Crippen LogP contribution in [-0.4, -0.2) is 30.1 Å². The fourth-order valence-electron chi connectivity index (χ4n) is 3.37. The van der Waals surface area contributed by atoms with Crippen LogP contribution in [0, 0.1) is 5.82 Å². The number of nitrogens with one attached hydrogen (secondary N) is 1. The van der Waals surface area contributed by atoms with E-state index in [0.717, 1.165) is 19.6 Å². The topological polar surface area (TPSA) is 15.3 Å². The predicted octanol–water partition coefficient (Wildman–Crippen LogP) is 2.54. The van der Waals surface area contributed by atoms with E-state index in [0.29, 0.717) is 12.1 Å². The van der Waals surface area contributed by atoms with Crippen molar-refractivity contribution in [3.05, 3.63) is 35.6 Å². The number of nitrogens with zero attached hydrogens (tertiary/aromatic N) is 1. The largest absolute Gasteiger partial charge is 0.311 e. The molecule has 0 aromatic heterocycles. The van der Waals surface area contributed by atoms with Crippen molar-refractivity contribution in [1.82, 2.24) is 10.2 Å². The second-order valence-corrected chi connectivity index (χ2v) is 5.51. The summed E-state index contributed by atoms with van der Waals surface area (Å²) in [7, 11) is 0. The second-order valence-electron chi connectivity index (χ2n) is 5.51. The molecule has 1 N–H and O–H groups in total. The van der Waals surface area contributed by atoms with Gasteiger partial charge in [0, 0.05) is 31.7 Å². The monoisotopic (exact) mass is 248 g/mol. The van der Waals surface area contributed by atoms with Gasteiger partial charge in [-0.15, -0.1) is 0 Å². The quantitative estimate of drug-likeness (QED) is 0.865. The molecule has 18 heavy (non-hydrogen) atoms. The van der Waals surface area contributed by atoms with Gasteiger partial charge in [0.25, 0.3) is 0 Å². The predicted molar refractivity (Wildman–Crippen MR) is 70.9 cm³/mol. The third kappa shape index (κ3) is 2.57. The number of piperazine rings is 1. The molecule has 2 fully saturated rings. The smallest absolute Gasteiger partial charge is 0.123 e. The molecule has 0 spiro atoms. The van der Waals surface area contributed by atoms with Crippen LogP contribution >= 0.6 is 0 Å². The van der Waals surface area contributed by atoms with Gasteiger partial charge in [0.2, 0.25) is 0 Å². The molecule has 0 radical (unpaired) electrons. The van der Waals surface area contributed by atoms with Gasteiger partial charge in [-0.3, -0.25) is 4.90 Å². The summed E-state index contributed by atoms with van der Waals surface area (Å²) in [6.07, 6.45) is 5.32. The maximum absolute atomic E-state index is 12.9. The Morgan fingerprint density at radius 1 is 1.17 bits per heavy atom. The Balaban J connectivity index is 1.69. The lowest BCUT2D eigenvalue weighted by Gasteiger charge is -2.44. The van der Waals surface area contributed by atoms with Gasteiger partial charge in [0.05, 0.1) is 0 Å². The van der Waals surface area contributed by atoms with E-state index in [1.165, 1.54) is 31.2 Å². The first kappa shape index (κ1) is 12.1. The van der Waals surface area contributed by atoms with Gasteiger partial charge in [-0.25, -0.2) is 4.39 Å². The van der Waals surface area contributed by atoms with Crippen LogP contribution in [0.2, 0.25) is 0 Å². The average molecular weight is 248 g/mol. The first-order valence-electron chi connectivity index (χ1n) is 7.05. The zero-order chi connectivity index (χ0) is 12.4. The fraction of sp³-hybridized carbons (Fsp3) is 0.600. The van der Waals surface area contributed by atoms with Crippen molar-refractivity contribution in [3.63, 3.8) is 0 Å². The fourth-order valence-corrected chi connectivity index (χ4v) is 3.37. The molecule has 1 heterocycles. The van der Waals surface area contributed by atoms with Gasteiger partial charge >= 0.3 is 0 Å². The van der Waals surface area contributed by atoms with Crippen LogP contribution in [0.5, 0.6) is 0 Å². The highest BCUT2D eigenvalue weighted by Crippen LogP contribution is 2.26. The summed E-state index contributed by atoms with van der Waals surface area (Å²) in [6.45, 7) is 3.16. The Bertz CT molecular complexity index is 388. The van der Waals surface area contributed by atoms with Gasteiger partial charge in [0.15, 0.2) is 0 Å². The SMILES string of the molecule is Fc1ccc(CN2CCNC3CCCCC32)cc1. The van der Waals surface area contributed by atoms with E-state index in [2.05, 4.69) is 10.2 Å². The second kappa shape index (κ2) is 5.37. The molecule has 1 aromatic rings. The van der Waals surface area contributed by atoms with Crippen molar-refractivity contribution in [2.24, 2.45) is 0 Å². The number of halogens is 1. The number of benzene rings is 1. The van der Waals surface area contributed by atoms with Crippen LogP contribution in [0.1, 0.15) is 31.2 Å². The van der Waals surface area contributed by atoms with Crippen molar-refractivity contribution in [2.75, 3.05) is 13.1 Å². The number of fused-ring (bicyclic) bond motifs is 1. The lowest BCUT2D eigenvalue weighted by Crippen LogP contribution is -2.58. The van der Waals surface area contributed by atoms with Gasteiger partial charge in [-0.2, -0.15) is 0 Å². The summed E-state index contributed by atoms with van der Waals surface area (Å²) in [6, 6.07) is 8.31. The van der Waals surface area contributed by atoms with E-state index in [1.54, 1.807) is 12.1 Å². The Morgan fingerprint density at radius 2 is 1.94 bits per heavy atom. The molecule has 2 nitrogen and oxygen atoms in total. The summed E-state index contributed by atoms with van der Waals surface area (Å²) >= 11 is 0. The standard InChI is InChI=1S/C15H21FN2/c16-13-7-5-12(6-8-13)11-18-10-9-17-14-3-1-2-4-15(14)18/h5-8,14-15,17H,1-4,9-11H2. The van der Waals surface area contributed by atoms with Crippen LogP contribution in [0.3, 0.4) is 0 Å². The van der Waals surface area contributed by atoms with Crippen molar-refractivity contribution in [2.45, 2.75) is 44.3 Å². The first-order chi connectivity index (χ1) is 8.83. The highest BCUT2D eigenvalue weighted by molar-refractivity contribution is 5.16. The lowest BCUT2D eigenvalue weighted by atomic mass is 9.87. The summed E-state index contributed by atoms with van der Waals surface area (Å²) in [5, 5.41) is 3.64. The Kier molecular flexibility index (Phi) is 3.62. The highest BCUT2D eigenvalue weighted by Gasteiger charge is 2.32. The van der Waals surface area contributed by atoms with Crippen LogP contribution < -0.4 is 5.32 Å². The minimum absolute atomic E-state index is 0.144. The molecule has 3 rings (SSSR count). The highest BCUT2D eigenvalue weighted by atomic mass is 19.1. The van der Waals surface area contributed by atoms with Crippen LogP contribution in [-0.2, 0) is 6.54 Å². The molecule has 2 atom stereocenters. The van der Waals surface area contributed by atoms with E-state index in [1.807, 2.05) is 12.1 Å². The van der Waals surface area contributed by atoms with Crippen molar-refractivity contribution in [1.29, 1.82) is 0 Å². The molecule has 0 bridgehead atoms. The minimum Gasteiger partial charge on any atom is -0.311 e. The normalized spacial score (nSPS) is 28.9. The third-order valence-corrected chi connectivity index (χ3v) is 4.30. The van der Waals surface area contributed by atoms with Gasteiger partial charge in [0.1, 0.15) is 5.82 Å². The molecule has 1 saturated heterocycles. The van der Waals surface area contributed by atoms with Crippen molar-refractivity contribution >= 4 is 0 Å². The molecule has 1 aliphatic heterocycles. The van der Waals surface area contributed by atoms with Crippen LogP contribution in [0.15, 0.2) is 24.3 Å². The van der Waals surface area contributed by atoms with Crippen molar-refractivity contribution in [3.8, 4) is 0 Å². The zero-order valence-electron chi connectivity index (χ0n) is 10.7. The Hall–Kier alpha value is -0.930. The molecule has 2 unspecified atom stereocenters. The first-order valence-corrected chi connectivity index (χ1v) is 7.05. The summed E-state index contributed by atoms with van der Waals surface area (Å²) in [5.74, 6) is -0.144. The Morgan fingerprint density at radius 3 is 2.78 bits per heavy atom. The maximum Gasteiger partial charge on any atom is 0.123 e. The van der Waals surface area contributed by atoms with E-state index >= 15 is 0 Å². The van der Waals surface area contributed by atoms with Gasteiger partial charge < -0.3 is 5.32 Å². The van der Waals surface area contributed by atoms with E-state index < -0.39 is 0 Å². The summed E-state index contributed by atoms with van der Waals surface area (Å²) in [5.41, 5.74) is 1.22. The van der Waals surface area contributed by atoms with E-state index in [4.69, 9.17) is 0 Å². The minimum atomic E-state index is -0.144. The molecule has 1 aliphatic carbocycles. The number of hydrogen-bond acceptors (Lipinski definition) is 2. The lowest BCUT2D eigenvalue weighted by molar-refractivity contribution is 0.0815. The maximum atomic E-state index is 12.9. The van der Waals surface area contributed by atoms with E-state index in [9.17, 15) is 4.39 Å². The third-order valence-electron chi connectivity index (χ3n) is 4.30. The Labute approximate surface area is 108 Å². The van der Waals surface area contributed by atoms with Gasteiger partial charge in [-0.1, -0.05) is 25.0 Å². The molecule has 0 amide bonds. The molecular formula is C15H21FN2. The molecule has 3 heteroatoms. The van der Waals surface area contributed by atoms with Gasteiger partial charge in [-0.05, 0) is 30.5 Å². The number of rotatable bonds is 2. The summed E-state index contributed by atoms with van der Waals surface area (Å²) < 4.78 is 12.9. The molecule has 1 aromatic carbocycles. The molecule has 98 valence electrons. The summed E-state index contributed by atoms with van der Waals surface area (Å²) in [4.78, 5) is 2.58. The number of hydrogen-bond donors (Lipinski definition) is 1. The van der Waals surface area contributed by atoms with Crippen LogP contribution in [0.4, 0.5) is 4.39 Å².